The topological polar surface area (TPSA) is 38.3 Å². The molecule has 0 aromatic heterocycles. The molecule has 0 spiro atoms. The van der Waals surface area contributed by atoms with Gasteiger partial charge in [-0.05, 0) is 38.3 Å². The van der Waals surface area contributed by atoms with Crippen LogP contribution in [0.5, 0.6) is 5.75 Å². The predicted molar refractivity (Wildman–Crippen MR) is 73.9 cm³/mol. The number of carbonyl (C=O) groups excluding carboxylic acids is 1. The number of carbonyl (C=O) groups is 1. The lowest BCUT2D eigenvalue weighted by Gasteiger charge is -2.15. The summed E-state index contributed by atoms with van der Waals surface area (Å²) >= 11 is 0. The Labute approximate surface area is 110 Å². The van der Waals surface area contributed by atoms with E-state index < -0.39 is 0 Å². The Morgan fingerprint density at radius 3 is 2.50 bits per heavy atom. The Bertz CT molecular complexity index is 381. The first-order valence-corrected chi connectivity index (χ1v) is 6.53. The van der Waals surface area contributed by atoms with Crippen molar-refractivity contribution in [2.45, 2.75) is 46.6 Å². The first-order chi connectivity index (χ1) is 8.54. The third kappa shape index (κ3) is 4.40. The fourth-order valence-corrected chi connectivity index (χ4v) is 1.99. The minimum Gasteiger partial charge on any atom is -0.483 e. The minimum atomic E-state index is -0.0568. The van der Waals surface area contributed by atoms with Crippen molar-refractivity contribution in [1.29, 1.82) is 0 Å². The third-order valence-corrected chi connectivity index (χ3v) is 2.89. The van der Waals surface area contributed by atoms with Gasteiger partial charge in [0.15, 0.2) is 6.61 Å². The molecule has 0 bridgehead atoms. The molecule has 100 valence electrons. The second kappa shape index (κ2) is 7.04. The fraction of sp³-hybridized carbons (Fsp3) is 0.533. The van der Waals surface area contributed by atoms with Crippen LogP contribution < -0.4 is 10.1 Å². The Morgan fingerprint density at radius 1 is 1.33 bits per heavy atom. The molecule has 0 aliphatic rings. The summed E-state index contributed by atoms with van der Waals surface area (Å²) in [6.45, 7) is 8.18. The van der Waals surface area contributed by atoms with Crippen LogP contribution >= 0.6 is 0 Å². The van der Waals surface area contributed by atoms with Crippen LogP contribution in [0.1, 0.15) is 37.8 Å². The number of hydrogen-bond donors (Lipinski definition) is 1. The van der Waals surface area contributed by atoms with E-state index in [4.69, 9.17) is 4.74 Å². The molecule has 0 heterocycles. The van der Waals surface area contributed by atoms with Crippen molar-refractivity contribution in [1.82, 2.24) is 5.32 Å². The zero-order valence-electron chi connectivity index (χ0n) is 11.7. The molecular formula is C15H23NO2. The van der Waals surface area contributed by atoms with Gasteiger partial charge in [-0.15, -0.1) is 0 Å². The molecule has 0 saturated heterocycles. The normalized spacial score (nSPS) is 12.0. The Kier molecular flexibility index (Phi) is 5.69. The highest BCUT2D eigenvalue weighted by molar-refractivity contribution is 5.77. The van der Waals surface area contributed by atoms with Crippen molar-refractivity contribution in [3.8, 4) is 5.75 Å². The van der Waals surface area contributed by atoms with E-state index in [1.165, 1.54) is 0 Å². The molecule has 1 amide bonds. The Balaban J connectivity index is 2.48. The third-order valence-electron chi connectivity index (χ3n) is 2.89. The van der Waals surface area contributed by atoms with Gasteiger partial charge in [0, 0.05) is 6.04 Å². The molecule has 1 rings (SSSR count). The van der Waals surface area contributed by atoms with Gasteiger partial charge >= 0.3 is 0 Å². The summed E-state index contributed by atoms with van der Waals surface area (Å²) in [6.07, 6.45) is 2.06. The summed E-state index contributed by atoms with van der Waals surface area (Å²) < 4.78 is 5.60. The first-order valence-electron chi connectivity index (χ1n) is 6.53. The Hall–Kier alpha value is -1.51. The Morgan fingerprint density at radius 2 is 1.94 bits per heavy atom. The van der Waals surface area contributed by atoms with E-state index in [1.54, 1.807) is 0 Å². The zero-order valence-corrected chi connectivity index (χ0v) is 11.7. The van der Waals surface area contributed by atoms with E-state index in [0.29, 0.717) is 0 Å². The monoisotopic (exact) mass is 249 g/mol. The van der Waals surface area contributed by atoms with Gasteiger partial charge in [0.2, 0.25) is 0 Å². The molecule has 0 aliphatic carbocycles. The highest BCUT2D eigenvalue weighted by Gasteiger charge is 2.09. The van der Waals surface area contributed by atoms with Gasteiger partial charge in [-0.2, -0.15) is 0 Å². The van der Waals surface area contributed by atoms with E-state index in [-0.39, 0.29) is 18.6 Å². The molecule has 3 nitrogen and oxygen atoms in total. The highest BCUT2D eigenvalue weighted by Crippen LogP contribution is 2.21. The summed E-state index contributed by atoms with van der Waals surface area (Å²) in [7, 11) is 0. The van der Waals surface area contributed by atoms with Crippen molar-refractivity contribution in [2.24, 2.45) is 0 Å². The summed E-state index contributed by atoms with van der Waals surface area (Å²) in [5, 5.41) is 2.93. The van der Waals surface area contributed by atoms with Gasteiger partial charge in [0.25, 0.3) is 5.91 Å². The summed E-state index contributed by atoms with van der Waals surface area (Å²) in [5.41, 5.74) is 2.12. The molecule has 3 heteroatoms. The van der Waals surface area contributed by atoms with Crippen LogP contribution in [0.2, 0.25) is 0 Å². The van der Waals surface area contributed by atoms with Gasteiger partial charge in [-0.3, -0.25) is 4.79 Å². The van der Waals surface area contributed by atoms with Gasteiger partial charge in [0.05, 0.1) is 0 Å². The summed E-state index contributed by atoms with van der Waals surface area (Å²) in [4.78, 5) is 11.7. The van der Waals surface area contributed by atoms with Crippen LogP contribution in [0.4, 0.5) is 0 Å². The molecule has 18 heavy (non-hydrogen) atoms. The SMILES string of the molecule is CCC[C@@H](C)NC(=O)COc1c(C)cccc1C. The maximum Gasteiger partial charge on any atom is 0.258 e. The zero-order chi connectivity index (χ0) is 13.5. The van der Waals surface area contributed by atoms with Crippen LogP contribution in [0.15, 0.2) is 18.2 Å². The molecule has 0 fully saturated rings. The first kappa shape index (κ1) is 14.6. The van der Waals surface area contributed by atoms with Crippen LogP contribution in [-0.4, -0.2) is 18.6 Å². The van der Waals surface area contributed by atoms with Gasteiger partial charge in [0.1, 0.15) is 5.75 Å². The van der Waals surface area contributed by atoms with E-state index in [0.717, 1.165) is 29.7 Å². The maximum atomic E-state index is 11.7. The standard InChI is InChI=1S/C15H23NO2/c1-5-7-13(4)16-14(17)10-18-15-11(2)8-6-9-12(15)3/h6,8-9,13H,5,7,10H2,1-4H3,(H,16,17)/t13-/m1/s1. The molecule has 0 aliphatic heterocycles. The number of nitrogens with one attached hydrogen (secondary N) is 1. The van der Waals surface area contributed by atoms with Crippen LogP contribution in [0.3, 0.4) is 0 Å². The lowest BCUT2D eigenvalue weighted by molar-refractivity contribution is -0.123. The van der Waals surface area contributed by atoms with E-state index in [1.807, 2.05) is 39.0 Å². The molecule has 0 radical (unpaired) electrons. The van der Waals surface area contributed by atoms with E-state index >= 15 is 0 Å². The molecule has 1 atom stereocenters. The van der Waals surface area contributed by atoms with Gasteiger partial charge in [-0.25, -0.2) is 0 Å². The molecule has 1 N–H and O–H groups in total. The van der Waals surface area contributed by atoms with Crippen LogP contribution in [0.25, 0.3) is 0 Å². The average Bonchev–Trinajstić information content (AvgIpc) is 2.28. The fourth-order valence-electron chi connectivity index (χ4n) is 1.99. The van der Waals surface area contributed by atoms with Gasteiger partial charge < -0.3 is 10.1 Å². The maximum absolute atomic E-state index is 11.7. The lowest BCUT2D eigenvalue weighted by atomic mass is 10.1. The van der Waals surface area contributed by atoms with Crippen molar-refractivity contribution in [3.63, 3.8) is 0 Å². The molecule has 0 unspecified atom stereocenters. The van der Waals surface area contributed by atoms with Crippen LogP contribution in [-0.2, 0) is 4.79 Å². The van der Waals surface area contributed by atoms with Gasteiger partial charge in [-0.1, -0.05) is 31.5 Å². The largest absolute Gasteiger partial charge is 0.483 e. The quantitative estimate of drug-likeness (QED) is 0.841. The number of rotatable bonds is 6. The minimum absolute atomic E-state index is 0.0568. The lowest BCUT2D eigenvalue weighted by Crippen LogP contribution is -2.36. The number of hydrogen-bond acceptors (Lipinski definition) is 2. The number of amides is 1. The number of benzene rings is 1. The van der Waals surface area contributed by atoms with Crippen molar-refractivity contribution >= 4 is 5.91 Å². The van der Waals surface area contributed by atoms with E-state index in [2.05, 4.69) is 12.2 Å². The van der Waals surface area contributed by atoms with Crippen molar-refractivity contribution in [2.75, 3.05) is 6.61 Å². The average molecular weight is 249 g/mol. The number of ether oxygens (including phenoxy) is 1. The van der Waals surface area contributed by atoms with E-state index in [9.17, 15) is 4.79 Å². The second-order valence-electron chi connectivity index (χ2n) is 4.77. The predicted octanol–water partition coefficient (Wildman–Crippen LogP) is 2.99. The number of aryl methyl sites for hydroxylation is 2. The molecule has 1 aromatic rings. The molecule has 0 saturated carbocycles. The summed E-state index contributed by atoms with van der Waals surface area (Å²) in [6, 6.07) is 6.17. The summed E-state index contributed by atoms with van der Waals surface area (Å²) in [5.74, 6) is 0.759. The van der Waals surface area contributed by atoms with Crippen LogP contribution in [0, 0.1) is 13.8 Å². The highest BCUT2D eigenvalue weighted by atomic mass is 16.5. The molecular weight excluding hydrogens is 226 g/mol. The second-order valence-corrected chi connectivity index (χ2v) is 4.77. The van der Waals surface area contributed by atoms with Crippen molar-refractivity contribution in [3.05, 3.63) is 29.3 Å². The number of para-hydroxylation sites is 1. The van der Waals surface area contributed by atoms with Crippen molar-refractivity contribution < 1.29 is 9.53 Å². The smallest absolute Gasteiger partial charge is 0.258 e. The molecule has 1 aromatic carbocycles.